The van der Waals surface area contributed by atoms with Gasteiger partial charge in [-0.1, -0.05) is 0 Å². The lowest BCUT2D eigenvalue weighted by Crippen LogP contribution is -2.41. The summed E-state index contributed by atoms with van der Waals surface area (Å²) in [5.41, 5.74) is 5.89. The molecule has 25 heavy (non-hydrogen) atoms. The smallest absolute Gasteiger partial charge is 0.267 e. The Hall–Kier alpha value is -2.49. The first-order chi connectivity index (χ1) is 11.7. The van der Waals surface area contributed by atoms with Gasteiger partial charge in [-0.2, -0.15) is 5.10 Å². The van der Waals surface area contributed by atoms with E-state index in [1.807, 2.05) is 0 Å². The molecule has 0 aliphatic carbocycles. The van der Waals surface area contributed by atoms with Crippen molar-refractivity contribution >= 4 is 33.1 Å². The summed E-state index contributed by atoms with van der Waals surface area (Å²) < 4.78 is 36.0. The predicted molar refractivity (Wildman–Crippen MR) is 89.1 cm³/mol. The molecular formula is C15H17FN4O4S. The summed E-state index contributed by atoms with van der Waals surface area (Å²) in [6, 6.07) is 3.96. The number of hydrogen-bond donors (Lipinski definition) is 2. The summed E-state index contributed by atoms with van der Waals surface area (Å²) in [6.07, 6.45) is 0.348. The number of halogens is 1. The van der Waals surface area contributed by atoms with Gasteiger partial charge < -0.3 is 11.1 Å². The van der Waals surface area contributed by atoms with E-state index in [0.29, 0.717) is 12.1 Å². The van der Waals surface area contributed by atoms with E-state index in [1.165, 1.54) is 29.3 Å². The van der Waals surface area contributed by atoms with Crippen molar-refractivity contribution in [2.75, 3.05) is 16.5 Å². The van der Waals surface area contributed by atoms with Crippen LogP contribution in [0.1, 0.15) is 12.8 Å². The molecule has 0 bridgehead atoms. The molecule has 2 aliphatic heterocycles. The number of nitrogens with two attached hydrogens (primary N) is 1. The van der Waals surface area contributed by atoms with E-state index in [4.69, 9.17) is 5.73 Å². The van der Waals surface area contributed by atoms with E-state index in [0.717, 1.165) is 0 Å². The Bertz CT molecular complexity index is 838. The minimum Gasteiger partial charge on any atom is -0.368 e. The fourth-order valence-electron chi connectivity index (χ4n) is 2.88. The van der Waals surface area contributed by atoms with Gasteiger partial charge >= 0.3 is 0 Å². The largest absolute Gasteiger partial charge is 0.368 e. The highest BCUT2D eigenvalue weighted by Crippen LogP contribution is 2.25. The Labute approximate surface area is 143 Å². The van der Waals surface area contributed by atoms with Crippen LogP contribution in [0.3, 0.4) is 0 Å². The summed E-state index contributed by atoms with van der Waals surface area (Å²) >= 11 is 0. The molecule has 1 fully saturated rings. The molecule has 2 aliphatic rings. The van der Waals surface area contributed by atoms with E-state index in [2.05, 4.69) is 10.4 Å². The maximum absolute atomic E-state index is 13.1. The molecular weight excluding hydrogens is 351 g/mol. The number of hydrogen-bond acceptors (Lipinski definition) is 6. The lowest BCUT2D eigenvalue weighted by Gasteiger charge is -2.20. The summed E-state index contributed by atoms with van der Waals surface area (Å²) in [5, 5.41) is 8.04. The van der Waals surface area contributed by atoms with E-state index in [9.17, 15) is 22.4 Å². The number of amides is 2. The number of sulfone groups is 1. The molecule has 3 rings (SSSR count). The van der Waals surface area contributed by atoms with Crippen LogP contribution in [0.15, 0.2) is 29.4 Å². The van der Waals surface area contributed by atoms with Crippen LogP contribution in [0, 0.1) is 5.82 Å². The third-order valence-corrected chi connectivity index (χ3v) is 5.93. The number of rotatable bonds is 4. The van der Waals surface area contributed by atoms with Gasteiger partial charge in [0.15, 0.2) is 9.84 Å². The average Bonchev–Trinajstić information content (AvgIpc) is 3.12. The van der Waals surface area contributed by atoms with E-state index >= 15 is 0 Å². The second-order valence-corrected chi connectivity index (χ2v) is 8.29. The predicted octanol–water partition coefficient (Wildman–Crippen LogP) is -0.451. The highest BCUT2D eigenvalue weighted by Gasteiger charge is 2.36. The highest BCUT2D eigenvalue weighted by atomic mass is 32.2. The number of nitrogens with zero attached hydrogens (tertiary/aromatic N) is 2. The molecule has 2 amide bonds. The molecule has 0 unspecified atom stereocenters. The Balaban J connectivity index is 1.77. The third kappa shape index (κ3) is 3.78. The summed E-state index contributed by atoms with van der Waals surface area (Å²) in [7, 11) is -3.12. The van der Waals surface area contributed by atoms with E-state index in [1.54, 1.807) is 0 Å². The zero-order chi connectivity index (χ0) is 18.2. The molecule has 0 spiro atoms. The number of primary amides is 1. The molecule has 0 saturated carbocycles. The van der Waals surface area contributed by atoms with Gasteiger partial charge in [-0.15, -0.1) is 0 Å². The van der Waals surface area contributed by atoms with Crippen molar-refractivity contribution in [1.29, 1.82) is 0 Å². The first kappa shape index (κ1) is 17.3. The van der Waals surface area contributed by atoms with E-state index in [-0.39, 0.29) is 23.6 Å². The highest BCUT2D eigenvalue weighted by molar-refractivity contribution is 7.91. The molecule has 10 heteroatoms. The van der Waals surface area contributed by atoms with Gasteiger partial charge in [0.25, 0.3) is 5.91 Å². The minimum atomic E-state index is -3.12. The van der Waals surface area contributed by atoms with Crippen LogP contribution in [-0.4, -0.2) is 49.5 Å². The fraction of sp³-hybridized carbons (Fsp3) is 0.400. The van der Waals surface area contributed by atoms with Crippen LogP contribution in [-0.2, 0) is 19.4 Å². The first-order valence-corrected chi connectivity index (χ1v) is 9.50. The van der Waals surface area contributed by atoms with Gasteiger partial charge in [0.2, 0.25) is 5.91 Å². The van der Waals surface area contributed by atoms with Crippen molar-refractivity contribution in [3.8, 4) is 0 Å². The zero-order valence-electron chi connectivity index (χ0n) is 13.2. The molecule has 0 radical (unpaired) electrons. The first-order valence-electron chi connectivity index (χ1n) is 7.68. The third-order valence-electron chi connectivity index (χ3n) is 4.16. The molecule has 1 aromatic rings. The van der Waals surface area contributed by atoms with Crippen molar-refractivity contribution < 1.29 is 22.4 Å². The molecule has 1 saturated heterocycles. The molecule has 2 heterocycles. The molecule has 3 N–H and O–H groups in total. The Morgan fingerprint density at radius 1 is 1.28 bits per heavy atom. The molecule has 2 atom stereocenters. The molecule has 1 aromatic carbocycles. The summed E-state index contributed by atoms with van der Waals surface area (Å²) in [5.74, 6) is -1.71. The SMILES string of the molecule is NC(=O)[C@@H]1CC(C(=O)N[C@H]2CCS(=O)(=O)C2)=NN1c1ccc(F)cc1. The van der Waals surface area contributed by atoms with Crippen LogP contribution in [0.4, 0.5) is 10.1 Å². The monoisotopic (exact) mass is 368 g/mol. The Kier molecular flexibility index (Phi) is 4.46. The normalized spacial score (nSPS) is 24.8. The number of carbonyl (C=O) groups excluding carboxylic acids is 2. The summed E-state index contributed by atoms with van der Waals surface area (Å²) in [4.78, 5) is 24.0. The van der Waals surface area contributed by atoms with E-state index < -0.39 is 39.6 Å². The molecule has 8 nitrogen and oxygen atoms in total. The molecule has 0 aromatic heterocycles. The van der Waals surface area contributed by atoms with Crippen LogP contribution < -0.4 is 16.1 Å². The summed E-state index contributed by atoms with van der Waals surface area (Å²) in [6.45, 7) is 0. The van der Waals surface area contributed by atoms with Gasteiger partial charge in [-0.3, -0.25) is 14.6 Å². The van der Waals surface area contributed by atoms with Gasteiger partial charge in [0.1, 0.15) is 17.6 Å². The number of carbonyl (C=O) groups is 2. The quantitative estimate of drug-likeness (QED) is 0.745. The maximum atomic E-state index is 13.1. The van der Waals surface area contributed by atoms with Crippen molar-refractivity contribution in [1.82, 2.24) is 5.32 Å². The Morgan fingerprint density at radius 2 is 1.96 bits per heavy atom. The lowest BCUT2D eigenvalue weighted by molar-refractivity contribution is -0.119. The number of benzene rings is 1. The second kappa shape index (κ2) is 6.43. The van der Waals surface area contributed by atoms with Gasteiger partial charge in [-0.05, 0) is 30.7 Å². The van der Waals surface area contributed by atoms with Crippen molar-refractivity contribution in [2.45, 2.75) is 24.9 Å². The average molecular weight is 368 g/mol. The van der Waals surface area contributed by atoms with Crippen LogP contribution in [0.25, 0.3) is 0 Å². The minimum absolute atomic E-state index is 0.00197. The topological polar surface area (TPSA) is 122 Å². The van der Waals surface area contributed by atoms with Crippen LogP contribution >= 0.6 is 0 Å². The van der Waals surface area contributed by atoms with Gasteiger partial charge in [0.05, 0.1) is 17.2 Å². The zero-order valence-corrected chi connectivity index (χ0v) is 14.0. The Morgan fingerprint density at radius 3 is 2.52 bits per heavy atom. The van der Waals surface area contributed by atoms with Gasteiger partial charge in [-0.25, -0.2) is 12.8 Å². The van der Waals surface area contributed by atoms with Crippen molar-refractivity contribution in [2.24, 2.45) is 10.8 Å². The number of nitrogens with one attached hydrogen (secondary N) is 1. The van der Waals surface area contributed by atoms with Crippen LogP contribution in [0.2, 0.25) is 0 Å². The molecule has 134 valence electrons. The lowest BCUT2D eigenvalue weighted by atomic mass is 10.1. The fourth-order valence-corrected chi connectivity index (χ4v) is 4.55. The number of hydrazone groups is 1. The van der Waals surface area contributed by atoms with Crippen molar-refractivity contribution in [3.63, 3.8) is 0 Å². The maximum Gasteiger partial charge on any atom is 0.267 e. The standard InChI is InChI=1S/C15H17FN4O4S/c16-9-1-3-11(4-2-9)20-13(14(17)21)7-12(19-20)15(22)18-10-5-6-25(23,24)8-10/h1-4,10,13H,5-8H2,(H2,17,21)(H,18,22)/t10-,13-/m0/s1. The van der Waals surface area contributed by atoms with Crippen molar-refractivity contribution in [3.05, 3.63) is 30.1 Å². The number of anilines is 1. The van der Waals surface area contributed by atoms with Gasteiger partial charge in [0, 0.05) is 12.5 Å². The second-order valence-electron chi connectivity index (χ2n) is 6.06. The van der Waals surface area contributed by atoms with Crippen LogP contribution in [0.5, 0.6) is 0 Å².